The van der Waals surface area contributed by atoms with E-state index in [1.54, 1.807) is 6.20 Å². The van der Waals surface area contributed by atoms with Crippen LogP contribution in [0.4, 0.5) is 0 Å². The van der Waals surface area contributed by atoms with Crippen LogP contribution in [0.1, 0.15) is 24.7 Å². The number of nitrogens with zero attached hydrogens (tertiary/aromatic N) is 4. The van der Waals surface area contributed by atoms with Crippen LogP contribution in [0.2, 0.25) is 0 Å². The summed E-state index contributed by atoms with van der Waals surface area (Å²) in [5.74, 6) is 1.03. The van der Waals surface area contributed by atoms with Crippen LogP contribution >= 0.6 is 15.9 Å². The summed E-state index contributed by atoms with van der Waals surface area (Å²) >= 11 is 3.49. The molecular weight excluding hydrogens is 320 g/mol. The molecule has 5 nitrogen and oxygen atoms in total. The van der Waals surface area contributed by atoms with Gasteiger partial charge in [0.05, 0.1) is 5.52 Å². The average molecular weight is 339 g/mol. The second-order valence-electron chi connectivity index (χ2n) is 5.35. The number of aryl methyl sites for hydroxylation is 1. The molecule has 0 bridgehead atoms. The van der Waals surface area contributed by atoms with Gasteiger partial charge >= 0.3 is 0 Å². The minimum absolute atomic E-state index is 0.269. The van der Waals surface area contributed by atoms with E-state index in [9.17, 15) is 0 Å². The highest BCUT2D eigenvalue weighted by atomic mass is 79.9. The van der Waals surface area contributed by atoms with Gasteiger partial charge in [0.25, 0.3) is 0 Å². The second-order valence-corrected chi connectivity index (χ2v) is 6.26. The van der Waals surface area contributed by atoms with E-state index < -0.39 is 0 Å². The molecule has 1 N–H and O–H groups in total. The van der Waals surface area contributed by atoms with Crippen LogP contribution in [0, 0.1) is 6.92 Å². The van der Waals surface area contributed by atoms with Gasteiger partial charge in [0.15, 0.2) is 5.65 Å². The third kappa shape index (κ3) is 2.60. The normalized spacial score (nSPS) is 20.1. The third-order valence-corrected chi connectivity index (χ3v) is 4.37. The highest BCUT2D eigenvalue weighted by Crippen LogP contribution is 2.28. The molecule has 2 aromatic heterocycles. The zero-order chi connectivity index (χ0) is 14.1. The standard InChI is InChI=1S/C14H19BrN4O/c1-10-17-14-13(7-11(15)8-16-14)19(10)12-3-5-18(9-12)4-2-6-20/h7-8,12,20H,2-6,9H2,1H3/t12-/m1/s1. The summed E-state index contributed by atoms with van der Waals surface area (Å²) in [6.45, 7) is 5.40. The Labute approximate surface area is 126 Å². The minimum Gasteiger partial charge on any atom is -0.396 e. The summed E-state index contributed by atoms with van der Waals surface area (Å²) in [5.41, 5.74) is 1.92. The van der Waals surface area contributed by atoms with Crippen LogP contribution in [-0.4, -0.2) is 50.8 Å². The average Bonchev–Trinajstić information content (AvgIpc) is 2.99. The predicted octanol–water partition coefficient (Wildman–Crippen LogP) is 2.13. The Morgan fingerprint density at radius 3 is 3.15 bits per heavy atom. The lowest BCUT2D eigenvalue weighted by Crippen LogP contribution is -2.23. The van der Waals surface area contributed by atoms with E-state index in [4.69, 9.17) is 5.11 Å². The maximum absolute atomic E-state index is 8.94. The Morgan fingerprint density at radius 2 is 2.35 bits per heavy atom. The van der Waals surface area contributed by atoms with Crippen LogP contribution in [0.15, 0.2) is 16.7 Å². The molecule has 1 fully saturated rings. The molecule has 0 saturated carbocycles. The summed E-state index contributed by atoms with van der Waals surface area (Å²) in [7, 11) is 0. The SMILES string of the molecule is Cc1nc2ncc(Br)cc2n1[C@@H]1CCN(CCCO)C1. The lowest BCUT2D eigenvalue weighted by Gasteiger charge is -2.17. The van der Waals surface area contributed by atoms with Crippen molar-refractivity contribution in [1.29, 1.82) is 0 Å². The van der Waals surface area contributed by atoms with Gasteiger partial charge in [-0.2, -0.15) is 0 Å². The number of aliphatic hydroxyl groups is 1. The molecule has 0 radical (unpaired) electrons. The van der Waals surface area contributed by atoms with Gasteiger partial charge in [0, 0.05) is 43.0 Å². The summed E-state index contributed by atoms with van der Waals surface area (Å²) < 4.78 is 3.30. The van der Waals surface area contributed by atoms with Crippen molar-refractivity contribution in [2.45, 2.75) is 25.8 Å². The quantitative estimate of drug-likeness (QED) is 0.927. The van der Waals surface area contributed by atoms with E-state index in [0.29, 0.717) is 6.04 Å². The third-order valence-electron chi connectivity index (χ3n) is 3.93. The summed E-state index contributed by atoms with van der Waals surface area (Å²) in [6.07, 6.45) is 3.77. The largest absolute Gasteiger partial charge is 0.396 e. The first-order valence-electron chi connectivity index (χ1n) is 7.02. The van der Waals surface area contributed by atoms with Crippen LogP contribution in [0.3, 0.4) is 0 Å². The van der Waals surface area contributed by atoms with Crippen molar-refractivity contribution >= 4 is 27.1 Å². The molecule has 1 aliphatic heterocycles. The number of imidazole rings is 1. The van der Waals surface area contributed by atoms with E-state index in [0.717, 1.165) is 53.9 Å². The molecule has 1 aliphatic rings. The molecule has 0 aromatic carbocycles. The van der Waals surface area contributed by atoms with Crippen molar-refractivity contribution in [2.24, 2.45) is 0 Å². The second kappa shape index (κ2) is 5.79. The van der Waals surface area contributed by atoms with E-state index in [-0.39, 0.29) is 6.61 Å². The lowest BCUT2D eigenvalue weighted by molar-refractivity contribution is 0.244. The van der Waals surface area contributed by atoms with Crippen LogP contribution in [0.25, 0.3) is 11.2 Å². The Morgan fingerprint density at radius 1 is 1.50 bits per heavy atom. The number of fused-ring (bicyclic) bond motifs is 1. The van der Waals surface area contributed by atoms with Gasteiger partial charge < -0.3 is 14.6 Å². The zero-order valence-electron chi connectivity index (χ0n) is 11.6. The molecule has 1 atom stereocenters. The van der Waals surface area contributed by atoms with E-state index in [2.05, 4.69) is 41.4 Å². The van der Waals surface area contributed by atoms with Gasteiger partial charge in [-0.1, -0.05) is 0 Å². The molecule has 6 heteroatoms. The van der Waals surface area contributed by atoms with Crippen LogP contribution in [-0.2, 0) is 0 Å². The topological polar surface area (TPSA) is 54.2 Å². The minimum atomic E-state index is 0.269. The first-order chi connectivity index (χ1) is 9.69. The molecule has 1 saturated heterocycles. The van der Waals surface area contributed by atoms with Crippen molar-refractivity contribution in [3.63, 3.8) is 0 Å². The fourth-order valence-corrected chi connectivity index (χ4v) is 3.37. The first-order valence-corrected chi connectivity index (χ1v) is 7.81. The zero-order valence-corrected chi connectivity index (χ0v) is 13.2. The highest BCUT2D eigenvalue weighted by Gasteiger charge is 2.26. The summed E-state index contributed by atoms with van der Waals surface area (Å²) in [4.78, 5) is 11.3. The Hall–Kier alpha value is -0.980. The molecule has 0 aliphatic carbocycles. The maximum atomic E-state index is 8.94. The van der Waals surface area contributed by atoms with Gasteiger partial charge in [-0.15, -0.1) is 0 Å². The van der Waals surface area contributed by atoms with Gasteiger partial charge in [0.1, 0.15) is 5.82 Å². The molecular formula is C14H19BrN4O. The van der Waals surface area contributed by atoms with Crippen molar-refractivity contribution in [1.82, 2.24) is 19.4 Å². The van der Waals surface area contributed by atoms with Gasteiger partial charge in [0.2, 0.25) is 0 Å². The van der Waals surface area contributed by atoms with Gasteiger partial charge in [-0.05, 0) is 41.8 Å². The van der Waals surface area contributed by atoms with Gasteiger partial charge in [-0.3, -0.25) is 0 Å². The van der Waals surface area contributed by atoms with E-state index in [1.807, 2.05) is 6.92 Å². The van der Waals surface area contributed by atoms with E-state index >= 15 is 0 Å². The monoisotopic (exact) mass is 338 g/mol. The molecule has 108 valence electrons. The van der Waals surface area contributed by atoms with Crippen LogP contribution in [0.5, 0.6) is 0 Å². The molecule has 0 unspecified atom stereocenters. The predicted molar refractivity (Wildman–Crippen MR) is 81.8 cm³/mol. The van der Waals surface area contributed by atoms with Crippen molar-refractivity contribution in [2.75, 3.05) is 26.2 Å². The first kappa shape index (κ1) is 14.0. The fourth-order valence-electron chi connectivity index (χ4n) is 3.05. The Bertz CT molecular complexity index is 612. The molecule has 3 heterocycles. The summed E-state index contributed by atoms with van der Waals surface area (Å²) in [5, 5.41) is 8.94. The van der Waals surface area contributed by atoms with E-state index in [1.165, 1.54) is 0 Å². The highest BCUT2D eigenvalue weighted by molar-refractivity contribution is 9.10. The number of aliphatic hydroxyl groups excluding tert-OH is 1. The fraction of sp³-hybridized carbons (Fsp3) is 0.571. The molecule has 3 rings (SSSR count). The molecule has 2 aromatic rings. The number of hydrogen-bond acceptors (Lipinski definition) is 4. The van der Waals surface area contributed by atoms with Crippen molar-refractivity contribution < 1.29 is 5.11 Å². The maximum Gasteiger partial charge on any atom is 0.177 e. The van der Waals surface area contributed by atoms with Gasteiger partial charge in [-0.25, -0.2) is 9.97 Å². The number of halogens is 1. The van der Waals surface area contributed by atoms with Crippen LogP contribution < -0.4 is 0 Å². The number of likely N-dealkylation sites (tertiary alicyclic amines) is 1. The number of pyridine rings is 1. The smallest absolute Gasteiger partial charge is 0.177 e. The lowest BCUT2D eigenvalue weighted by atomic mass is 10.2. The number of aromatic nitrogens is 3. The summed E-state index contributed by atoms with van der Waals surface area (Å²) in [6, 6.07) is 2.55. The Balaban J connectivity index is 1.87. The number of hydrogen-bond donors (Lipinski definition) is 1. The molecule has 0 amide bonds. The molecule has 20 heavy (non-hydrogen) atoms. The van der Waals surface area contributed by atoms with Crippen molar-refractivity contribution in [3.8, 4) is 0 Å². The number of rotatable bonds is 4. The Kier molecular flexibility index (Phi) is 4.05. The molecule has 0 spiro atoms. The van der Waals surface area contributed by atoms with Crippen molar-refractivity contribution in [3.05, 3.63) is 22.6 Å².